The zero-order chi connectivity index (χ0) is 14.5. The highest BCUT2D eigenvalue weighted by atomic mass is 32.2. The smallest absolute Gasteiger partial charge is 0.255 e. The average molecular weight is 286 g/mol. The number of carbonyl (C=O) groups is 1. The second-order valence-corrected chi connectivity index (χ2v) is 5.82. The first-order valence-electron chi connectivity index (χ1n) is 6.50. The van der Waals surface area contributed by atoms with Crippen LogP contribution in [0.1, 0.15) is 22.8 Å². The van der Waals surface area contributed by atoms with E-state index in [1.165, 1.54) is 0 Å². The molecule has 0 fully saturated rings. The Morgan fingerprint density at radius 1 is 1.25 bits per heavy atom. The zero-order valence-electron chi connectivity index (χ0n) is 11.6. The van der Waals surface area contributed by atoms with Gasteiger partial charge in [0, 0.05) is 16.1 Å². The Hall–Kier alpha value is -1.94. The van der Waals surface area contributed by atoms with Crippen molar-refractivity contribution in [2.45, 2.75) is 18.7 Å². The van der Waals surface area contributed by atoms with Gasteiger partial charge in [0.05, 0.1) is 5.69 Å². The van der Waals surface area contributed by atoms with E-state index >= 15 is 0 Å². The van der Waals surface area contributed by atoms with Crippen molar-refractivity contribution < 1.29 is 4.79 Å². The van der Waals surface area contributed by atoms with E-state index in [9.17, 15) is 4.79 Å². The van der Waals surface area contributed by atoms with Crippen molar-refractivity contribution in [3.05, 3.63) is 53.6 Å². The van der Waals surface area contributed by atoms with E-state index in [1.54, 1.807) is 17.8 Å². The maximum absolute atomic E-state index is 12.3. The third kappa shape index (κ3) is 3.54. The molecule has 1 amide bonds. The molecule has 0 bridgehead atoms. The SMILES string of the molecule is CCSc1ccccc1NC(=O)c1cc(C)cc(N)c1. The Morgan fingerprint density at radius 3 is 2.70 bits per heavy atom. The van der Waals surface area contributed by atoms with Crippen LogP contribution < -0.4 is 11.1 Å². The molecule has 0 atom stereocenters. The summed E-state index contributed by atoms with van der Waals surface area (Å²) in [5, 5.41) is 2.95. The van der Waals surface area contributed by atoms with Crippen molar-refractivity contribution in [1.82, 2.24) is 0 Å². The van der Waals surface area contributed by atoms with E-state index in [0.717, 1.165) is 21.9 Å². The van der Waals surface area contributed by atoms with Crippen LogP contribution in [-0.4, -0.2) is 11.7 Å². The highest BCUT2D eigenvalue weighted by molar-refractivity contribution is 7.99. The minimum atomic E-state index is -0.135. The first kappa shape index (κ1) is 14.5. The van der Waals surface area contributed by atoms with Crippen molar-refractivity contribution >= 4 is 29.0 Å². The molecule has 3 nitrogen and oxygen atoms in total. The molecule has 0 aromatic heterocycles. The van der Waals surface area contributed by atoms with Gasteiger partial charge >= 0.3 is 0 Å². The van der Waals surface area contributed by atoms with Gasteiger partial charge in [-0.1, -0.05) is 19.1 Å². The van der Waals surface area contributed by atoms with Gasteiger partial charge in [0.1, 0.15) is 0 Å². The van der Waals surface area contributed by atoms with Gasteiger partial charge in [-0.3, -0.25) is 4.79 Å². The number of aryl methyl sites for hydroxylation is 1. The number of carbonyl (C=O) groups excluding carboxylic acids is 1. The predicted octanol–water partition coefficient (Wildman–Crippen LogP) is 3.94. The van der Waals surface area contributed by atoms with Crippen LogP contribution in [0, 0.1) is 6.92 Å². The molecule has 0 unspecified atom stereocenters. The number of anilines is 2. The molecule has 3 N–H and O–H groups in total. The summed E-state index contributed by atoms with van der Waals surface area (Å²) in [6.45, 7) is 4.01. The Bertz CT molecular complexity index is 605. The van der Waals surface area contributed by atoms with Crippen molar-refractivity contribution in [2.75, 3.05) is 16.8 Å². The topological polar surface area (TPSA) is 55.1 Å². The van der Waals surface area contributed by atoms with E-state index in [-0.39, 0.29) is 5.91 Å². The van der Waals surface area contributed by atoms with Crippen molar-refractivity contribution in [2.24, 2.45) is 0 Å². The molecule has 0 spiro atoms. The molecule has 2 aromatic rings. The van der Waals surface area contributed by atoms with E-state index in [1.807, 2.05) is 43.3 Å². The fourth-order valence-corrected chi connectivity index (χ4v) is 2.75. The van der Waals surface area contributed by atoms with Gasteiger partial charge in [0.2, 0.25) is 0 Å². The molecule has 0 saturated heterocycles. The lowest BCUT2D eigenvalue weighted by Crippen LogP contribution is -2.13. The number of amides is 1. The molecule has 104 valence electrons. The number of nitrogen functional groups attached to an aromatic ring is 1. The highest BCUT2D eigenvalue weighted by Crippen LogP contribution is 2.27. The Balaban J connectivity index is 2.23. The van der Waals surface area contributed by atoms with E-state index in [0.29, 0.717) is 11.3 Å². The quantitative estimate of drug-likeness (QED) is 0.661. The van der Waals surface area contributed by atoms with Crippen molar-refractivity contribution in [1.29, 1.82) is 0 Å². The highest BCUT2D eigenvalue weighted by Gasteiger charge is 2.10. The van der Waals surface area contributed by atoms with Crippen LogP contribution in [0.15, 0.2) is 47.4 Å². The molecule has 0 radical (unpaired) electrons. The van der Waals surface area contributed by atoms with Gasteiger partial charge in [0.15, 0.2) is 0 Å². The van der Waals surface area contributed by atoms with Gasteiger partial charge < -0.3 is 11.1 Å². The van der Waals surface area contributed by atoms with Gasteiger partial charge in [-0.05, 0) is 48.6 Å². The number of hydrogen-bond acceptors (Lipinski definition) is 3. The Kier molecular flexibility index (Phi) is 4.69. The molecule has 0 heterocycles. The summed E-state index contributed by atoms with van der Waals surface area (Å²) in [6.07, 6.45) is 0. The van der Waals surface area contributed by atoms with Crippen LogP contribution in [0.5, 0.6) is 0 Å². The number of benzene rings is 2. The molecule has 0 aliphatic rings. The molecule has 0 aliphatic carbocycles. The summed E-state index contributed by atoms with van der Waals surface area (Å²) in [7, 11) is 0. The third-order valence-corrected chi connectivity index (χ3v) is 3.75. The van der Waals surface area contributed by atoms with Crippen LogP contribution >= 0.6 is 11.8 Å². The second kappa shape index (κ2) is 6.48. The zero-order valence-corrected chi connectivity index (χ0v) is 12.5. The number of hydrogen-bond donors (Lipinski definition) is 2. The van der Waals surface area contributed by atoms with E-state index in [2.05, 4.69) is 12.2 Å². The molecular formula is C16H18N2OS. The molecule has 0 saturated carbocycles. The predicted molar refractivity (Wildman–Crippen MR) is 86.4 cm³/mol. The lowest BCUT2D eigenvalue weighted by Gasteiger charge is -2.10. The summed E-state index contributed by atoms with van der Waals surface area (Å²) in [5.74, 6) is 0.828. The first-order chi connectivity index (χ1) is 9.60. The maximum Gasteiger partial charge on any atom is 0.255 e. The van der Waals surface area contributed by atoms with Crippen LogP contribution in [0.3, 0.4) is 0 Å². The van der Waals surface area contributed by atoms with Gasteiger partial charge in [-0.2, -0.15) is 0 Å². The van der Waals surface area contributed by atoms with Crippen molar-refractivity contribution in [3.8, 4) is 0 Å². The van der Waals surface area contributed by atoms with E-state index in [4.69, 9.17) is 5.73 Å². The number of nitrogens with one attached hydrogen (secondary N) is 1. The van der Waals surface area contributed by atoms with Crippen LogP contribution in [-0.2, 0) is 0 Å². The standard InChI is InChI=1S/C16H18N2OS/c1-3-20-15-7-5-4-6-14(15)18-16(19)12-8-11(2)9-13(17)10-12/h4-10H,3,17H2,1-2H3,(H,18,19). The summed E-state index contributed by atoms with van der Waals surface area (Å²) < 4.78 is 0. The fourth-order valence-electron chi connectivity index (χ4n) is 1.99. The molecule has 2 rings (SSSR count). The number of rotatable bonds is 4. The fraction of sp³-hybridized carbons (Fsp3) is 0.188. The Morgan fingerprint density at radius 2 is 2.00 bits per heavy atom. The molecule has 20 heavy (non-hydrogen) atoms. The number of para-hydroxylation sites is 1. The summed E-state index contributed by atoms with van der Waals surface area (Å²) in [4.78, 5) is 13.4. The minimum absolute atomic E-state index is 0.135. The van der Waals surface area contributed by atoms with Crippen molar-refractivity contribution in [3.63, 3.8) is 0 Å². The molecule has 2 aromatic carbocycles. The molecular weight excluding hydrogens is 268 g/mol. The number of thioether (sulfide) groups is 1. The second-order valence-electron chi connectivity index (χ2n) is 4.52. The lowest BCUT2D eigenvalue weighted by atomic mass is 10.1. The van der Waals surface area contributed by atoms with Gasteiger partial charge in [-0.25, -0.2) is 0 Å². The summed E-state index contributed by atoms with van der Waals surface area (Å²) >= 11 is 1.71. The first-order valence-corrected chi connectivity index (χ1v) is 7.49. The third-order valence-electron chi connectivity index (χ3n) is 2.80. The Labute approximate surface area is 123 Å². The monoisotopic (exact) mass is 286 g/mol. The summed E-state index contributed by atoms with van der Waals surface area (Å²) in [5.41, 5.74) is 8.78. The van der Waals surface area contributed by atoms with Crippen LogP contribution in [0.4, 0.5) is 11.4 Å². The number of nitrogens with two attached hydrogens (primary N) is 1. The van der Waals surface area contributed by atoms with Crippen LogP contribution in [0.2, 0.25) is 0 Å². The lowest BCUT2D eigenvalue weighted by molar-refractivity contribution is 0.102. The van der Waals surface area contributed by atoms with Gasteiger partial charge in [-0.15, -0.1) is 11.8 Å². The average Bonchev–Trinajstić information content (AvgIpc) is 2.40. The van der Waals surface area contributed by atoms with Crippen LogP contribution in [0.25, 0.3) is 0 Å². The maximum atomic E-state index is 12.3. The summed E-state index contributed by atoms with van der Waals surface area (Å²) in [6, 6.07) is 13.2. The van der Waals surface area contributed by atoms with E-state index < -0.39 is 0 Å². The normalized spacial score (nSPS) is 10.3. The molecule has 4 heteroatoms. The van der Waals surface area contributed by atoms with Gasteiger partial charge in [0.25, 0.3) is 5.91 Å². The largest absolute Gasteiger partial charge is 0.399 e. The minimum Gasteiger partial charge on any atom is -0.399 e. The molecule has 0 aliphatic heterocycles.